The third-order valence-corrected chi connectivity index (χ3v) is 2.24. The molecule has 2 rings (SSSR count). The van der Waals surface area contributed by atoms with Gasteiger partial charge in [0.15, 0.2) is 11.6 Å². The number of hydrogen-bond donors (Lipinski definition) is 0. The first-order chi connectivity index (χ1) is 8.58. The van der Waals surface area contributed by atoms with E-state index in [9.17, 15) is 4.39 Å². The van der Waals surface area contributed by atoms with Crippen molar-refractivity contribution >= 4 is 0 Å². The van der Waals surface area contributed by atoms with E-state index in [1.54, 1.807) is 19.1 Å². The van der Waals surface area contributed by atoms with Gasteiger partial charge in [-0.05, 0) is 37.6 Å². The molecule has 0 unspecified atom stereocenters. The van der Waals surface area contributed by atoms with E-state index in [4.69, 9.17) is 10.00 Å². The normalized spacial score (nSPS) is 9.89. The van der Waals surface area contributed by atoms with Gasteiger partial charge in [-0.2, -0.15) is 10.2 Å². The van der Waals surface area contributed by atoms with E-state index in [1.807, 2.05) is 13.0 Å². The molecule has 0 fully saturated rings. The molecule has 0 saturated heterocycles. The average molecular weight is 243 g/mol. The molecule has 0 aliphatic heterocycles. The maximum Gasteiger partial charge on any atom is 0.323 e. The summed E-state index contributed by atoms with van der Waals surface area (Å²) >= 11 is 0. The van der Waals surface area contributed by atoms with E-state index >= 15 is 0 Å². The molecule has 0 spiro atoms. The lowest BCUT2D eigenvalue weighted by molar-refractivity contribution is 0.409. The van der Waals surface area contributed by atoms with Crippen LogP contribution in [-0.4, -0.2) is 9.97 Å². The first kappa shape index (κ1) is 12.0. The van der Waals surface area contributed by atoms with Crippen LogP contribution in [0.25, 0.3) is 0 Å². The molecule has 18 heavy (non-hydrogen) atoms. The number of ether oxygens (including phenoxy) is 1. The number of aromatic nitrogens is 2. The maximum atomic E-state index is 13.5. The van der Waals surface area contributed by atoms with E-state index in [-0.39, 0.29) is 17.5 Å². The Hall–Kier alpha value is -2.48. The van der Waals surface area contributed by atoms with Gasteiger partial charge in [0, 0.05) is 5.69 Å². The summed E-state index contributed by atoms with van der Waals surface area (Å²) in [6.07, 6.45) is 0. The number of nitriles is 1. The summed E-state index contributed by atoms with van der Waals surface area (Å²) in [5, 5.41) is 8.78. The first-order valence-corrected chi connectivity index (χ1v) is 5.28. The molecule has 5 heteroatoms. The van der Waals surface area contributed by atoms with E-state index in [1.165, 1.54) is 12.1 Å². The molecule has 1 aromatic carbocycles. The monoisotopic (exact) mass is 243 g/mol. The zero-order valence-electron chi connectivity index (χ0n) is 9.94. The Morgan fingerprint density at radius 2 is 2.00 bits per heavy atom. The van der Waals surface area contributed by atoms with Crippen molar-refractivity contribution in [2.24, 2.45) is 0 Å². The third kappa shape index (κ3) is 2.61. The van der Waals surface area contributed by atoms with Crippen LogP contribution in [0.5, 0.6) is 11.8 Å². The second kappa shape index (κ2) is 4.80. The second-order valence-electron chi connectivity index (χ2n) is 3.82. The minimum absolute atomic E-state index is 0.0314. The highest BCUT2D eigenvalue weighted by atomic mass is 19.1. The lowest BCUT2D eigenvalue weighted by Crippen LogP contribution is -1.98. The molecule has 0 amide bonds. The van der Waals surface area contributed by atoms with Crippen molar-refractivity contribution in [3.63, 3.8) is 0 Å². The Bertz CT molecular complexity index is 635. The number of rotatable bonds is 2. The van der Waals surface area contributed by atoms with E-state index in [0.29, 0.717) is 5.69 Å². The molecule has 0 saturated carbocycles. The Kier molecular flexibility index (Phi) is 3.20. The van der Waals surface area contributed by atoms with Crippen molar-refractivity contribution < 1.29 is 9.13 Å². The van der Waals surface area contributed by atoms with Gasteiger partial charge in [-0.1, -0.05) is 6.07 Å². The van der Waals surface area contributed by atoms with Gasteiger partial charge >= 0.3 is 6.01 Å². The topological polar surface area (TPSA) is 58.8 Å². The van der Waals surface area contributed by atoms with Gasteiger partial charge in [0.25, 0.3) is 0 Å². The number of halogens is 1. The summed E-state index contributed by atoms with van der Waals surface area (Å²) < 4.78 is 18.8. The summed E-state index contributed by atoms with van der Waals surface area (Å²) in [6.45, 7) is 3.53. The van der Waals surface area contributed by atoms with Crippen LogP contribution in [0.15, 0.2) is 24.3 Å². The molecular weight excluding hydrogens is 233 g/mol. The van der Waals surface area contributed by atoms with Crippen LogP contribution in [0.3, 0.4) is 0 Å². The minimum Gasteiger partial charge on any atom is -0.421 e. The molecule has 0 aliphatic rings. The SMILES string of the molecule is Cc1ccc(F)c(Oc2nc(C)cc(C#N)n2)c1. The fourth-order valence-corrected chi connectivity index (χ4v) is 1.43. The van der Waals surface area contributed by atoms with Crippen LogP contribution in [0.2, 0.25) is 0 Å². The van der Waals surface area contributed by atoms with Crippen LogP contribution in [0.4, 0.5) is 4.39 Å². The lowest BCUT2D eigenvalue weighted by atomic mass is 10.2. The number of hydrogen-bond acceptors (Lipinski definition) is 4. The molecule has 90 valence electrons. The highest BCUT2D eigenvalue weighted by molar-refractivity contribution is 5.32. The number of nitrogens with zero attached hydrogens (tertiary/aromatic N) is 3. The lowest BCUT2D eigenvalue weighted by Gasteiger charge is -2.06. The van der Waals surface area contributed by atoms with Crippen molar-refractivity contribution in [2.45, 2.75) is 13.8 Å². The largest absolute Gasteiger partial charge is 0.421 e. The van der Waals surface area contributed by atoms with Gasteiger partial charge in [-0.15, -0.1) is 0 Å². The van der Waals surface area contributed by atoms with Crippen molar-refractivity contribution in [3.8, 4) is 17.8 Å². The zero-order valence-corrected chi connectivity index (χ0v) is 9.94. The van der Waals surface area contributed by atoms with Crippen molar-refractivity contribution in [1.29, 1.82) is 5.26 Å². The fourth-order valence-electron chi connectivity index (χ4n) is 1.43. The summed E-state index contributed by atoms with van der Waals surface area (Å²) in [6, 6.07) is 7.89. The zero-order chi connectivity index (χ0) is 13.1. The van der Waals surface area contributed by atoms with Gasteiger partial charge in [-0.25, -0.2) is 9.37 Å². The van der Waals surface area contributed by atoms with Gasteiger partial charge in [-0.3, -0.25) is 0 Å². The van der Waals surface area contributed by atoms with Gasteiger partial charge in [0.05, 0.1) is 0 Å². The molecule has 2 aromatic rings. The molecule has 0 bridgehead atoms. The van der Waals surface area contributed by atoms with Gasteiger partial charge in [0.1, 0.15) is 11.8 Å². The Labute approximate surface area is 104 Å². The quantitative estimate of drug-likeness (QED) is 0.813. The summed E-state index contributed by atoms with van der Waals surface area (Å²) in [7, 11) is 0. The second-order valence-corrected chi connectivity index (χ2v) is 3.82. The Morgan fingerprint density at radius 3 is 2.72 bits per heavy atom. The van der Waals surface area contributed by atoms with Crippen molar-refractivity contribution in [3.05, 3.63) is 47.0 Å². The minimum atomic E-state index is -0.496. The molecule has 1 aromatic heterocycles. The predicted octanol–water partition coefficient (Wildman–Crippen LogP) is 2.90. The molecular formula is C13H10FN3O. The van der Waals surface area contributed by atoms with Crippen LogP contribution < -0.4 is 4.74 Å². The third-order valence-electron chi connectivity index (χ3n) is 2.24. The Morgan fingerprint density at radius 1 is 1.22 bits per heavy atom. The van der Waals surface area contributed by atoms with Gasteiger partial charge in [0.2, 0.25) is 0 Å². The van der Waals surface area contributed by atoms with Crippen molar-refractivity contribution in [1.82, 2.24) is 9.97 Å². The maximum absolute atomic E-state index is 13.5. The number of benzene rings is 1. The highest BCUT2D eigenvalue weighted by Gasteiger charge is 2.08. The summed E-state index contributed by atoms with van der Waals surface area (Å²) in [5.41, 5.74) is 1.63. The van der Waals surface area contributed by atoms with Crippen LogP contribution in [0, 0.1) is 31.0 Å². The smallest absolute Gasteiger partial charge is 0.323 e. The van der Waals surface area contributed by atoms with E-state index in [0.717, 1.165) is 5.56 Å². The van der Waals surface area contributed by atoms with Gasteiger partial charge < -0.3 is 4.74 Å². The molecule has 0 atom stereocenters. The first-order valence-electron chi connectivity index (χ1n) is 5.28. The summed E-state index contributed by atoms with van der Waals surface area (Å²) in [5.74, 6) is -0.450. The van der Waals surface area contributed by atoms with E-state index < -0.39 is 5.82 Å². The molecule has 0 aliphatic carbocycles. The Balaban J connectivity index is 2.37. The van der Waals surface area contributed by atoms with Crippen LogP contribution in [0.1, 0.15) is 17.0 Å². The standard InChI is InChI=1S/C13H10FN3O/c1-8-3-4-11(14)12(5-8)18-13-16-9(2)6-10(7-15)17-13/h3-6H,1-2H3. The molecule has 1 heterocycles. The molecule has 0 radical (unpaired) electrons. The van der Waals surface area contributed by atoms with Crippen LogP contribution >= 0.6 is 0 Å². The average Bonchev–Trinajstić information content (AvgIpc) is 2.33. The number of aryl methyl sites for hydroxylation is 2. The van der Waals surface area contributed by atoms with Crippen molar-refractivity contribution in [2.75, 3.05) is 0 Å². The highest BCUT2D eigenvalue weighted by Crippen LogP contribution is 2.23. The summed E-state index contributed by atoms with van der Waals surface area (Å²) in [4.78, 5) is 7.85. The fraction of sp³-hybridized carbons (Fsp3) is 0.154. The van der Waals surface area contributed by atoms with Crippen LogP contribution in [-0.2, 0) is 0 Å². The van der Waals surface area contributed by atoms with E-state index in [2.05, 4.69) is 9.97 Å². The molecule has 0 N–H and O–H groups in total. The molecule has 4 nitrogen and oxygen atoms in total. The predicted molar refractivity (Wildman–Crippen MR) is 62.7 cm³/mol.